The molecule has 1 aromatic carbocycles. The third-order valence-corrected chi connectivity index (χ3v) is 14.7. The average Bonchev–Trinajstić information content (AvgIpc) is 3.56. The van der Waals surface area contributed by atoms with Crippen LogP contribution in [0, 0.1) is 5.92 Å². The number of rotatable bonds is 38. The highest BCUT2D eigenvalue weighted by atomic mass is 16.4. The van der Waals surface area contributed by atoms with Gasteiger partial charge in [-0.05, 0) is 87.8 Å². The Morgan fingerprint density at radius 3 is 1.60 bits per heavy atom. The number of carboxylic acid groups (broad SMARTS) is 8. The smallest absolute Gasteiger partial charge is 0.326 e. The Morgan fingerprint density at radius 2 is 1.02 bits per heavy atom. The average molecular weight is 1200 g/mol. The number of unbranched alkanes of at least 4 members (excludes halogenated alkanes) is 5. The van der Waals surface area contributed by atoms with Gasteiger partial charge in [0, 0.05) is 103 Å². The van der Waals surface area contributed by atoms with E-state index in [4.69, 9.17) is 20.2 Å². The normalized spacial score (nSPS) is 16.8. The molecule has 30 nitrogen and oxygen atoms in total. The van der Waals surface area contributed by atoms with E-state index in [1.165, 1.54) is 0 Å². The quantitative estimate of drug-likeness (QED) is 0.0430. The minimum absolute atomic E-state index is 0.00525. The van der Waals surface area contributed by atoms with Gasteiger partial charge in [0.1, 0.15) is 17.9 Å². The molecule has 2 saturated heterocycles. The second kappa shape index (κ2) is 37.5. The number of carboxylic acids is 8. The maximum atomic E-state index is 12.6. The van der Waals surface area contributed by atoms with Crippen LogP contribution < -0.4 is 26.2 Å². The second-order valence-electron chi connectivity index (χ2n) is 21.6. The highest BCUT2D eigenvalue weighted by Gasteiger charge is 2.29. The number of benzene rings is 1. The lowest BCUT2D eigenvalue weighted by Crippen LogP contribution is -2.53. The molecule has 2 fully saturated rings. The highest BCUT2D eigenvalue weighted by molar-refractivity contribution is 5.86. The lowest BCUT2D eigenvalue weighted by Gasteiger charge is -2.37. The topological polar surface area (TPSA) is 436 Å². The lowest BCUT2D eigenvalue weighted by molar-refractivity contribution is -0.142. The Bertz CT molecular complexity index is 2520. The van der Waals surface area contributed by atoms with Crippen LogP contribution in [0.15, 0.2) is 24.3 Å². The van der Waals surface area contributed by atoms with Crippen molar-refractivity contribution in [2.24, 2.45) is 5.92 Å². The van der Waals surface area contributed by atoms with Crippen molar-refractivity contribution in [3.8, 4) is 0 Å². The van der Waals surface area contributed by atoms with Crippen molar-refractivity contribution in [1.29, 1.82) is 0 Å². The van der Waals surface area contributed by atoms with Crippen LogP contribution in [0.3, 0.4) is 0 Å². The van der Waals surface area contributed by atoms with Crippen LogP contribution in [0.2, 0.25) is 0 Å². The first-order chi connectivity index (χ1) is 40.5. The first-order valence-electron chi connectivity index (χ1n) is 28.9. The molecule has 4 rings (SSSR count). The number of hydrogen-bond acceptors (Lipinski definition) is 20. The summed E-state index contributed by atoms with van der Waals surface area (Å²) in [5.41, 5.74) is 1.40. The van der Waals surface area contributed by atoms with Gasteiger partial charge in [0.2, 0.25) is 17.8 Å². The Morgan fingerprint density at radius 1 is 0.506 bits per heavy atom. The minimum Gasteiger partial charge on any atom is -0.481 e. The number of nitrogens with one attached hydrogen (secondary N) is 4. The summed E-state index contributed by atoms with van der Waals surface area (Å²) in [7, 11) is 0. The molecule has 0 aliphatic carbocycles. The molecule has 12 N–H and O–H groups in total. The molecule has 1 aromatic heterocycles. The summed E-state index contributed by atoms with van der Waals surface area (Å²) in [6.07, 6.45) is 7.77. The van der Waals surface area contributed by atoms with E-state index in [0.29, 0.717) is 75.2 Å². The summed E-state index contributed by atoms with van der Waals surface area (Å²) in [5, 5.41) is 86.8. The molecule has 0 saturated carbocycles. The number of hydrogen-bond donors (Lipinski definition) is 12. The fourth-order valence-electron chi connectivity index (χ4n) is 10.2. The standard InChI is InChI=1S/C55H84N12O18/c68-41(11-5-6-12-42(50(81)82)58-55(85)59-43(51(83)84)18-19-45(71)72)10-4-2-1-3-7-22-56-52-60-53(62-54(61-52)66-23-20-37(21-24-66)9-8-13-44(69)70)57-39-16-14-38(15-17-39)31-40-32-65(35-48(77)78)28-27-63(33-46(73)74)25-26-64(34-47(75)76)29-30-67(40)36-49(79)80/h14-17,37,40,42-43H,1-13,18-36H2,(H,69,70)(H,71,72)(H,73,74)(H,75,76)(H,77,78)(H,79,80)(H,81,82)(H,83,84)(H2,58,59,85)(H2,56,57,60,61,62)/t40?,42-,43-/m0/s1. The molecule has 2 aliphatic heterocycles. The number of carbonyl (C=O) groups is 10. The van der Waals surface area contributed by atoms with E-state index in [1.54, 1.807) is 19.6 Å². The number of amides is 2. The Labute approximate surface area is 492 Å². The predicted octanol–water partition coefficient (Wildman–Crippen LogP) is 2.51. The summed E-state index contributed by atoms with van der Waals surface area (Å²) in [6.45, 7) is 1.48. The first kappa shape index (κ1) is 69.7. The van der Waals surface area contributed by atoms with Gasteiger partial charge in [-0.3, -0.25) is 53.2 Å². The SMILES string of the molecule is O=C(O)CCCC1CCN(c2nc(NCCCCCCCC(=O)CCCC[C@H](NC(=O)N[C@@H](CCC(=O)O)C(=O)O)C(=O)O)nc(Nc3ccc(CC4CN(CC(=O)O)CCN(CC(=O)O)CCN(CC(=O)O)CCN4CC(=O)O)cc3)n2)CC1. The van der Waals surface area contributed by atoms with Crippen molar-refractivity contribution in [2.75, 3.05) is 107 Å². The molecule has 2 aliphatic rings. The largest absolute Gasteiger partial charge is 0.481 e. The van der Waals surface area contributed by atoms with Crippen LogP contribution in [0.5, 0.6) is 0 Å². The van der Waals surface area contributed by atoms with Gasteiger partial charge in [-0.1, -0.05) is 37.8 Å². The van der Waals surface area contributed by atoms with E-state index >= 15 is 0 Å². The van der Waals surface area contributed by atoms with Gasteiger partial charge in [0.25, 0.3) is 0 Å². The molecule has 2 amide bonds. The van der Waals surface area contributed by atoms with Gasteiger partial charge < -0.3 is 67.0 Å². The minimum atomic E-state index is -1.52. The van der Waals surface area contributed by atoms with Crippen LogP contribution in [-0.2, 0) is 49.6 Å². The van der Waals surface area contributed by atoms with Crippen LogP contribution in [0.1, 0.15) is 115 Å². The van der Waals surface area contributed by atoms with Crippen molar-refractivity contribution >= 4 is 83.1 Å². The molecule has 2 aromatic rings. The van der Waals surface area contributed by atoms with Gasteiger partial charge in [-0.15, -0.1) is 0 Å². The third kappa shape index (κ3) is 29.0. The van der Waals surface area contributed by atoms with E-state index in [0.717, 1.165) is 50.5 Å². The number of piperidine rings is 1. The van der Waals surface area contributed by atoms with Gasteiger partial charge in [-0.2, -0.15) is 15.0 Å². The zero-order chi connectivity index (χ0) is 62.3. The zero-order valence-corrected chi connectivity index (χ0v) is 48.0. The number of urea groups is 1. The van der Waals surface area contributed by atoms with Gasteiger partial charge in [-0.25, -0.2) is 14.4 Å². The predicted molar refractivity (Wildman–Crippen MR) is 306 cm³/mol. The van der Waals surface area contributed by atoms with Crippen LogP contribution in [0.25, 0.3) is 0 Å². The number of anilines is 4. The van der Waals surface area contributed by atoms with E-state index in [1.807, 2.05) is 24.3 Å². The van der Waals surface area contributed by atoms with Gasteiger partial charge >= 0.3 is 53.8 Å². The van der Waals surface area contributed by atoms with Crippen LogP contribution >= 0.6 is 0 Å². The molecule has 472 valence electrons. The third-order valence-electron chi connectivity index (χ3n) is 14.7. The number of ketones is 1. The molecule has 0 spiro atoms. The Kier molecular flexibility index (Phi) is 30.7. The maximum absolute atomic E-state index is 12.6. The highest BCUT2D eigenvalue weighted by Crippen LogP contribution is 2.27. The monoisotopic (exact) mass is 1200 g/mol. The molecule has 0 radical (unpaired) electrons. The summed E-state index contributed by atoms with van der Waals surface area (Å²) in [4.78, 5) is 141. The van der Waals surface area contributed by atoms with Gasteiger partial charge in [0.05, 0.1) is 26.2 Å². The van der Waals surface area contributed by atoms with Crippen LogP contribution in [0.4, 0.5) is 28.3 Å². The second-order valence-corrected chi connectivity index (χ2v) is 21.6. The van der Waals surface area contributed by atoms with Crippen molar-refractivity contribution in [3.63, 3.8) is 0 Å². The summed E-state index contributed by atoms with van der Waals surface area (Å²) in [6, 6.07) is 2.83. The van der Waals surface area contributed by atoms with E-state index in [9.17, 15) is 78.6 Å². The van der Waals surface area contributed by atoms with E-state index in [-0.39, 0.29) is 109 Å². The molecule has 3 atom stereocenters. The van der Waals surface area contributed by atoms with Crippen molar-refractivity contribution in [1.82, 2.24) is 45.2 Å². The fraction of sp³-hybridized carbons (Fsp3) is 0.655. The number of carbonyl (C=O) groups excluding carboxylic acids is 2. The Hall–Kier alpha value is -7.83. The Balaban J connectivity index is 1.36. The number of nitrogens with zero attached hydrogens (tertiary/aromatic N) is 8. The van der Waals surface area contributed by atoms with E-state index < -0.39 is 84.9 Å². The van der Waals surface area contributed by atoms with Crippen LogP contribution in [-0.4, -0.2) is 245 Å². The molecule has 85 heavy (non-hydrogen) atoms. The van der Waals surface area contributed by atoms with Gasteiger partial charge in [0.15, 0.2) is 0 Å². The summed E-state index contributed by atoms with van der Waals surface area (Å²) >= 11 is 0. The summed E-state index contributed by atoms with van der Waals surface area (Å²) in [5.74, 6) is -7.85. The molecular formula is C55H84N12O18. The zero-order valence-electron chi connectivity index (χ0n) is 48.0. The molecular weight excluding hydrogens is 1120 g/mol. The molecule has 0 bridgehead atoms. The van der Waals surface area contributed by atoms with Crippen molar-refractivity contribution in [3.05, 3.63) is 29.8 Å². The lowest BCUT2D eigenvalue weighted by atomic mass is 9.92. The van der Waals surface area contributed by atoms with Crippen molar-refractivity contribution in [2.45, 2.75) is 134 Å². The molecule has 1 unspecified atom stereocenters. The van der Waals surface area contributed by atoms with E-state index in [2.05, 4.69) is 31.2 Å². The first-order valence-corrected chi connectivity index (χ1v) is 28.9. The molecule has 30 heteroatoms. The summed E-state index contributed by atoms with van der Waals surface area (Å²) < 4.78 is 0. The van der Waals surface area contributed by atoms with Crippen molar-refractivity contribution < 1.29 is 88.8 Å². The number of aromatic nitrogens is 3. The number of Topliss-reactive ketones (excluding diaryl/α,β-unsaturated/α-hetero) is 1. The molecule has 3 heterocycles. The fourth-order valence-corrected chi connectivity index (χ4v) is 10.2. The maximum Gasteiger partial charge on any atom is 0.326 e. The number of aliphatic carboxylic acids is 8.